The summed E-state index contributed by atoms with van der Waals surface area (Å²) in [4.78, 5) is 72.1. The van der Waals surface area contributed by atoms with Crippen LogP contribution in [0.3, 0.4) is 0 Å². The predicted octanol–water partition coefficient (Wildman–Crippen LogP) is 0.703. The van der Waals surface area contributed by atoms with Gasteiger partial charge < -0.3 is 42.6 Å². The van der Waals surface area contributed by atoms with Crippen LogP contribution in [-0.2, 0) is 71.4 Å². The number of esters is 6. The zero-order chi connectivity index (χ0) is 31.3. The Bertz CT molecular complexity index is 1100. The molecule has 2 fully saturated rings. The largest absolute Gasteiger partial charge is 0.472 e. The van der Waals surface area contributed by atoms with Crippen LogP contribution < -0.4 is 0 Å². The van der Waals surface area contributed by atoms with E-state index in [9.17, 15) is 28.8 Å². The van der Waals surface area contributed by atoms with E-state index in [1.807, 2.05) is 0 Å². The highest BCUT2D eigenvalue weighted by atomic mass is 16.8. The molecule has 10 atom stereocenters. The summed E-state index contributed by atoms with van der Waals surface area (Å²) in [6.07, 6.45) is -7.30. The maximum Gasteiger partial charge on any atom is 0.337 e. The third-order valence-electron chi connectivity index (χ3n) is 7.14. The molecule has 234 valence electrons. The summed E-state index contributed by atoms with van der Waals surface area (Å²) < 4.78 is 49.8. The van der Waals surface area contributed by atoms with Gasteiger partial charge in [0, 0.05) is 52.4 Å². The highest BCUT2D eigenvalue weighted by Gasteiger charge is 2.57. The second-order valence-corrected chi connectivity index (χ2v) is 10.2. The van der Waals surface area contributed by atoms with Crippen molar-refractivity contribution >= 4 is 35.8 Å². The first-order valence-electron chi connectivity index (χ1n) is 13.3. The number of carbonyl (C=O) groups excluding carboxylic acids is 6. The fourth-order valence-corrected chi connectivity index (χ4v) is 5.57. The van der Waals surface area contributed by atoms with Crippen LogP contribution in [0.1, 0.15) is 48.0 Å². The molecule has 3 rings (SSSR count). The fraction of sp³-hybridized carbons (Fsp3) is 0.704. The summed E-state index contributed by atoms with van der Waals surface area (Å²) in [6.45, 7) is 7.11. The van der Waals surface area contributed by atoms with E-state index in [0.717, 1.165) is 27.7 Å². The molecule has 0 aromatic carbocycles. The summed E-state index contributed by atoms with van der Waals surface area (Å²) in [7, 11) is 1.22. The molecule has 42 heavy (non-hydrogen) atoms. The number of hydrogen-bond donors (Lipinski definition) is 0. The van der Waals surface area contributed by atoms with Crippen molar-refractivity contribution in [3.63, 3.8) is 0 Å². The van der Waals surface area contributed by atoms with E-state index in [2.05, 4.69) is 0 Å². The molecule has 2 heterocycles. The number of methoxy groups -OCH3 is 1. The molecule has 0 aromatic heterocycles. The topological polar surface area (TPSA) is 185 Å². The van der Waals surface area contributed by atoms with Crippen LogP contribution in [0.2, 0.25) is 0 Å². The molecule has 0 N–H and O–H groups in total. The molecule has 0 amide bonds. The van der Waals surface area contributed by atoms with Gasteiger partial charge in [-0.2, -0.15) is 0 Å². The lowest BCUT2D eigenvalue weighted by atomic mass is 9.83. The molecule has 1 saturated carbocycles. The fourth-order valence-electron chi connectivity index (χ4n) is 5.57. The SMILES string of the molecule is COC(=O)C1=CO[C@@H](O[C@@H]2O[C@H](COC(C)=O)[C@@H](OC(C)=O)[C@H](OC(C)=O)[C@H]2OC(C)=O)[C@@H]2[C@@H](C)[C@H](OC(C)=O)C[C@@H]12. The monoisotopic (exact) mass is 600 g/mol. The first-order chi connectivity index (χ1) is 19.7. The van der Waals surface area contributed by atoms with Crippen molar-refractivity contribution in [2.75, 3.05) is 13.7 Å². The third kappa shape index (κ3) is 7.76. The lowest BCUT2D eigenvalue weighted by Crippen LogP contribution is -2.63. The standard InChI is InChI=1S/C27H36O15/c1-11-19(37-13(3)29)8-17-18(25(33)34-7)9-36-26(21(11)17)42-27-24(40-16(6)32)23(39-15(5)31)22(38-14(4)30)20(41-27)10-35-12(2)28/h9,11,17,19-24,26-27H,8,10H2,1-7H3/t11-,17-,19+,20+,21+,22+,23-,24+,26-,27-/m0/s1. The number of hydrogen-bond acceptors (Lipinski definition) is 15. The Labute approximate surface area is 242 Å². The van der Waals surface area contributed by atoms with Gasteiger partial charge in [-0.05, 0) is 6.42 Å². The predicted molar refractivity (Wildman–Crippen MR) is 134 cm³/mol. The van der Waals surface area contributed by atoms with Crippen LogP contribution in [0.4, 0.5) is 0 Å². The Morgan fingerprint density at radius 2 is 1.36 bits per heavy atom. The van der Waals surface area contributed by atoms with E-state index in [1.165, 1.54) is 20.3 Å². The van der Waals surface area contributed by atoms with Crippen molar-refractivity contribution in [2.24, 2.45) is 17.8 Å². The molecule has 0 spiro atoms. The van der Waals surface area contributed by atoms with E-state index < -0.39 is 97.4 Å². The summed E-state index contributed by atoms with van der Waals surface area (Å²) in [5, 5.41) is 0. The van der Waals surface area contributed by atoms with E-state index >= 15 is 0 Å². The van der Waals surface area contributed by atoms with Gasteiger partial charge in [0.2, 0.25) is 12.6 Å². The van der Waals surface area contributed by atoms with Crippen molar-refractivity contribution in [1.82, 2.24) is 0 Å². The van der Waals surface area contributed by atoms with Gasteiger partial charge in [-0.3, -0.25) is 24.0 Å². The van der Waals surface area contributed by atoms with Crippen molar-refractivity contribution in [1.29, 1.82) is 0 Å². The average molecular weight is 601 g/mol. The van der Waals surface area contributed by atoms with Gasteiger partial charge in [-0.1, -0.05) is 6.92 Å². The molecule has 0 radical (unpaired) electrons. The van der Waals surface area contributed by atoms with Crippen LogP contribution in [0.15, 0.2) is 11.8 Å². The van der Waals surface area contributed by atoms with E-state index in [-0.39, 0.29) is 17.9 Å². The Balaban J connectivity index is 2.01. The molecule has 15 heteroatoms. The van der Waals surface area contributed by atoms with E-state index in [1.54, 1.807) is 6.92 Å². The van der Waals surface area contributed by atoms with Crippen LogP contribution in [-0.4, -0.2) is 92.6 Å². The van der Waals surface area contributed by atoms with E-state index in [0.29, 0.717) is 0 Å². The summed E-state index contributed by atoms with van der Waals surface area (Å²) in [5.41, 5.74) is 0.213. The normalized spacial score (nSPS) is 33.5. The molecular formula is C27H36O15. The Morgan fingerprint density at radius 3 is 1.90 bits per heavy atom. The average Bonchev–Trinajstić information content (AvgIpc) is 3.20. The Hall–Kier alpha value is -3.72. The van der Waals surface area contributed by atoms with Crippen LogP contribution in [0.25, 0.3) is 0 Å². The van der Waals surface area contributed by atoms with Gasteiger partial charge in [0.1, 0.15) is 18.8 Å². The first kappa shape index (κ1) is 32.8. The number of carbonyl (C=O) groups is 6. The highest BCUT2D eigenvalue weighted by Crippen LogP contribution is 2.49. The van der Waals surface area contributed by atoms with Crippen molar-refractivity contribution in [3.8, 4) is 0 Å². The van der Waals surface area contributed by atoms with Gasteiger partial charge in [0.25, 0.3) is 0 Å². The third-order valence-corrected chi connectivity index (χ3v) is 7.14. The Kier molecular flexibility index (Phi) is 10.9. The van der Waals surface area contributed by atoms with Crippen LogP contribution >= 0.6 is 0 Å². The first-order valence-corrected chi connectivity index (χ1v) is 13.3. The van der Waals surface area contributed by atoms with Gasteiger partial charge >= 0.3 is 35.8 Å². The highest BCUT2D eigenvalue weighted by molar-refractivity contribution is 5.89. The lowest BCUT2D eigenvalue weighted by Gasteiger charge is -2.46. The van der Waals surface area contributed by atoms with Crippen LogP contribution in [0, 0.1) is 17.8 Å². The second-order valence-electron chi connectivity index (χ2n) is 10.2. The van der Waals surface area contributed by atoms with Crippen molar-refractivity contribution < 1.29 is 71.4 Å². The number of rotatable bonds is 9. The minimum atomic E-state index is -1.51. The van der Waals surface area contributed by atoms with E-state index in [4.69, 9.17) is 42.6 Å². The molecule has 15 nitrogen and oxygen atoms in total. The van der Waals surface area contributed by atoms with Crippen molar-refractivity contribution in [3.05, 3.63) is 11.8 Å². The minimum Gasteiger partial charge on any atom is -0.472 e. The second kappa shape index (κ2) is 14.0. The van der Waals surface area contributed by atoms with Crippen molar-refractivity contribution in [2.45, 2.75) is 91.1 Å². The minimum absolute atomic E-state index is 0.213. The van der Waals surface area contributed by atoms with Gasteiger partial charge in [-0.25, -0.2) is 4.79 Å². The smallest absolute Gasteiger partial charge is 0.337 e. The quantitative estimate of drug-likeness (QED) is 0.266. The molecule has 1 aliphatic carbocycles. The van der Waals surface area contributed by atoms with Gasteiger partial charge in [-0.15, -0.1) is 0 Å². The summed E-state index contributed by atoms with van der Waals surface area (Å²) in [5.74, 6) is -5.66. The molecule has 2 aliphatic heterocycles. The summed E-state index contributed by atoms with van der Waals surface area (Å²) in [6, 6.07) is 0. The maximum absolute atomic E-state index is 12.5. The molecule has 0 bridgehead atoms. The van der Waals surface area contributed by atoms with Gasteiger partial charge in [0.15, 0.2) is 18.3 Å². The summed E-state index contributed by atoms with van der Waals surface area (Å²) >= 11 is 0. The maximum atomic E-state index is 12.5. The van der Waals surface area contributed by atoms with Crippen LogP contribution in [0.5, 0.6) is 0 Å². The zero-order valence-electron chi connectivity index (χ0n) is 24.4. The molecule has 3 aliphatic rings. The molecular weight excluding hydrogens is 564 g/mol. The Morgan fingerprint density at radius 1 is 0.786 bits per heavy atom. The zero-order valence-corrected chi connectivity index (χ0v) is 24.4. The number of ether oxygens (including phenoxy) is 9. The van der Waals surface area contributed by atoms with Gasteiger partial charge in [0.05, 0.1) is 18.9 Å². The number of fused-ring (bicyclic) bond motifs is 1. The lowest BCUT2D eigenvalue weighted by molar-refractivity contribution is -0.345. The molecule has 0 unspecified atom stereocenters. The molecule has 0 aromatic rings. The molecule has 1 saturated heterocycles.